The number of ether oxygens (including phenoxy) is 7. The van der Waals surface area contributed by atoms with Crippen LogP contribution in [0.1, 0.15) is 66.4 Å². The molecule has 1 atom stereocenters. The molecule has 5 aromatic rings. The highest BCUT2D eigenvalue weighted by atomic mass is 32.2. The van der Waals surface area contributed by atoms with Crippen LogP contribution < -0.4 is 10.2 Å². The topological polar surface area (TPSA) is 335 Å². The summed E-state index contributed by atoms with van der Waals surface area (Å²) in [6, 6.07) is 14.7. The SMILES string of the molecule is O=C1c2ccccc2-c2onc3c(N4CCC[C@H](C(=O)CCCCOCCOCCOCCOCCOCCOCCOCCCCc5ccc([N+](=O)[O-])cc5[N+](=O)[O-])C4)cc(Nc4ccc(S(=O)(=O)O)cc4S(=O)(=O)O)c1c23. The second kappa shape index (κ2) is 29.2. The smallest absolute Gasteiger partial charge is 0.296 e. The first-order valence-electron chi connectivity index (χ1n) is 25.7. The molecule has 7 rings (SSSR count). The van der Waals surface area contributed by atoms with Gasteiger partial charge in [0.1, 0.15) is 16.2 Å². The maximum atomic E-state index is 14.2. The number of non-ortho nitro benzene ring substituents is 1. The summed E-state index contributed by atoms with van der Waals surface area (Å²) in [5.41, 5.74) is 1.50. The van der Waals surface area contributed by atoms with Crippen molar-refractivity contribution in [3.63, 3.8) is 0 Å². The first-order chi connectivity index (χ1) is 38.0. The van der Waals surface area contributed by atoms with E-state index in [1.807, 2.05) is 4.90 Å². The van der Waals surface area contributed by atoms with Crippen LogP contribution in [0.3, 0.4) is 0 Å². The number of hydrogen-bond acceptors (Lipinski definition) is 21. The number of fused-ring (bicyclic) bond motifs is 2. The van der Waals surface area contributed by atoms with Crippen molar-refractivity contribution in [3.8, 4) is 11.3 Å². The summed E-state index contributed by atoms with van der Waals surface area (Å²) in [6.45, 7) is 6.52. The van der Waals surface area contributed by atoms with E-state index >= 15 is 0 Å². The van der Waals surface area contributed by atoms with Gasteiger partial charge in [0, 0.05) is 61.4 Å². The molecule has 2 heterocycles. The Morgan fingerprint density at radius 3 is 1.85 bits per heavy atom. The van der Waals surface area contributed by atoms with E-state index in [1.165, 1.54) is 12.1 Å². The Bertz CT molecular complexity index is 3150. The minimum Gasteiger partial charge on any atom is -0.379 e. The number of hydrogen-bond donors (Lipinski definition) is 3. The van der Waals surface area contributed by atoms with Gasteiger partial charge in [0.25, 0.3) is 31.6 Å². The Balaban J connectivity index is 0.722. The highest BCUT2D eigenvalue weighted by molar-refractivity contribution is 7.86. The molecular formula is C52H63N5O20S2. The van der Waals surface area contributed by atoms with E-state index in [2.05, 4.69) is 10.5 Å². The van der Waals surface area contributed by atoms with Crippen LogP contribution in [0.15, 0.2) is 81.0 Å². The number of aromatic nitrogens is 1. The van der Waals surface area contributed by atoms with Gasteiger partial charge < -0.3 is 47.9 Å². The zero-order chi connectivity index (χ0) is 56.4. The highest BCUT2D eigenvalue weighted by Gasteiger charge is 2.36. The number of nitro benzene ring substituents is 2. The molecule has 0 bridgehead atoms. The first-order valence-corrected chi connectivity index (χ1v) is 28.6. The van der Waals surface area contributed by atoms with E-state index < -0.39 is 45.7 Å². The van der Waals surface area contributed by atoms with Gasteiger partial charge in [-0.2, -0.15) is 16.8 Å². The number of Topliss-reactive ketones (excluding diaryl/α,β-unsaturated/α-hetero) is 1. The maximum Gasteiger partial charge on any atom is 0.296 e. The van der Waals surface area contributed by atoms with Gasteiger partial charge in [0.05, 0.1) is 128 Å². The maximum absolute atomic E-state index is 14.2. The molecular weight excluding hydrogens is 1080 g/mol. The molecule has 0 saturated carbocycles. The highest BCUT2D eigenvalue weighted by Crippen LogP contribution is 2.47. The van der Waals surface area contributed by atoms with E-state index in [0.29, 0.717) is 202 Å². The fourth-order valence-corrected chi connectivity index (χ4v) is 10.4. The van der Waals surface area contributed by atoms with Crippen molar-refractivity contribution in [2.24, 2.45) is 5.92 Å². The van der Waals surface area contributed by atoms with Crippen LogP contribution in [0.2, 0.25) is 0 Å². The first kappa shape index (κ1) is 60.3. The molecule has 27 heteroatoms. The molecule has 428 valence electrons. The molecule has 79 heavy (non-hydrogen) atoms. The van der Waals surface area contributed by atoms with Crippen LogP contribution in [0, 0.1) is 26.1 Å². The van der Waals surface area contributed by atoms with Crippen molar-refractivity contribution in [1.82, 2.24) is 5.16 Å². The van der Waals surface area contributed by atoms with E-state index in [9.17, 15) is 55.8 Å². The summed E-state index contributed by atoms with van der Waals surface area (Å²) in [6.07, 6.45) is 4.68. The summed E-state index contributed by atoms with van der Waals surface area (Å²) < 4.78 is 113. The van der Waals surface area contributed by atoms with Crippen molar-refractivity contribution in [2.75, 3.05) is 116 Å². The number of benzene rings is 4. The van der Waals surface area contributed by atoms with Crippen molar-refractivity contribution in [2.45, 2.75) is 61.2 Å². The van der Waals surface area contributed by atoms with Crippen molar-refractivity contribution >= 4 is 71.1 Å². The number of anilines is 3. The van der Waals surface area contributed by atoms with Crippen molar-refractivity contribution in [3.05, 3.63) is 104 Å². The van der Waals surface area contributed by atoms with E-state index in [-0.39, 0.29) is 40.0 Å². The molecule has 1 aliphatic carbocycles. The zero-order valence-corrected chi connectivity index (χ0v) is 44.9. The van der Waals surface area contributed by atoms with Crippen LogP contribution in [0.4, 0.5) is 28.4 Å². The number of carbonyl (C=O) groups excluding carboxylic acids is 2. The second-order valence-corrected chi connectivity index (χ2v) is 21.3. The molecule has 0 amide bonds. The summed E-state index contributed by atoms with van der Waals surface area (Å²) in [5.74, 6) is -0.338. The van der Waals surface area contributed by atoms with Crippen LogP contribution in [-0.4, -0.2) is 158 Å². The number of ketones is 2. The lowest BCUT2D eigenvalue weighted by Crippen LogP contribution is -2.39. The van der Waals surface area contributed by atoms with Gasteiger partial charge in [-0.05, 0) is 75.3 Å². The molecule has 1 saturated heterocycles. The fraction of sp³-hybridized carbons (Fsp3) is 0.481. The minimum absolute atomic E-state index is 0.0915. The normalized spacial score (nSPS) is 14.4. The largest absolute Gasteiger partial charge is 0.379 e. The van der Waals surface area contributed by atoms with Crippen LogP contribution in [0.5, 0.6) is 0 Å². The average Bonchev–Trinajstić information content (AvgIpc) is 4.14. The van der Waals surface area contributed by atoms with Gasteiger partial charge in [-0.1, -0.05) is 29.4 Å². The van der Waals surface area contributed by atoms with Gasteiger partial charge in [0.2, 0.25) is 0 Å². The van der Waals surface area contributed by atoms with Gasteiger partial charge >= 0.3 is 0 Å². The molecule has 1 aliphatic heterocycles. The van der Waals surface area contributed by atoms with Crippen molar-refractivity contribution < 1.29 is 83.1 Å². The predicted octanol–water partition coefficient (Wildman–Crippen LogP) is 7.19. The summed E-state index contributed by atoms with van der Waals surface area (Å²) in [7, 11) is -9.92. The average molecular weight is 1140 g/mol. The molecule has 0 unspecified atom stereocenters. The molecule has 1 fully saturated rings. The summed E-state index contributed by atoms with van der Waals surface area (Å²) in [4.78, 5) is 49.0. The molecule has 0 radical (unpaired) electrons. The van der Waals surface area contributed by atoms with Crippen molar-refractivity contribution in [1.29, 1.82) is 0 Å². The molecule has 4 aromatic carbocycles. The van der Waals surface area contributed by atoms with Crippen LogP contribution >= 0.6 is 0 Å². The Labute approximate surface area is 455 Å². The third-order valence-electron chi connectivity index (χ3n) is 13.0. The Morgan fingerprint density at radius 2 is 1.28 bits per heavy atom. The van der Waals surface area contributed by atoms with Gasteiger partial charge in [0.15, 0.2) is 11.5 Å². The number of piperidine rings is 1. The fourth-order valence-electron chi connectivity index (χ4n) is 9.16. The zero-order valence-electron chi connectivity index (χ0n) is 43.2. The van der Waals surface area contributed by atoms with E-state index in [0.717, 1.165) is 18.2 Å². The quantitative estimate of drug-likeness (QED) is 0.0152. The Hall–Kier alpha value is -6.37. The number of aryl methyl sites for hydroxylation is 1. The lowest BCUT2D eigenvalue weighted by molar-refractivity contribution is -0.394. The lowest BCUT2D eigenvalue weighted by Gasteiger charge is -2.34. The van der Waals surface area contributed by atoms with Gasteiger partial charge in [-0.3, -0.25) is 38.9 Å². The number of nitrogens with one attached hydrogen (secondary N) is 1. The van der Waals surface area contributed by atoms with Crippen LogP contribution in [-0.2, 0) is 64.6 Å². The molecule has 2 aliphatic rings. The monoisotopic (exact) mass is 1140 g/mol. The van der Waals surface area contributed by atoms with E-state index in [1.54, 1.807) is 30.3 Å². The number of nitrogens with zero attached hydrogens (tertiary/aromatic N) is 4. The molecule has 1 aromatic heterocycles. The standard InChI is InChI=1S/C52H63N5O20S2/c58-46(12-4-6-19-71-21-23-73-25-27-75-29-31-76-30-28-74-26-24-72-22-20-70-18-5-3-8-36-13-14-38(56(60)61)32-44(36)57(62)63)37-9-7-17-55(35-37)45-34-43(53-42-16-15-39(78(64,65)66)33-47(42)79(67,68)69)48-49-50(45)54-77-52(49)41-11-2-1-10-40(41)51(48)59/h1-2,10-11,13-16,32-34,37,53H,3-9,12,17-31,35H2,(H,64,65,66)(H,67,68,69)/t37-/m0/s1. The van der Waals surface area contributed by atoms with Gasteiger partial charge in [-0.15, -0.1) is 0 Å². The Morgan fingerprint density at radius 1 is 0.696 bits per heavy atom. The number of carbonyl (C=O) groups is 2. The molecule has 3 N–H and O–H groups in total. The predicted molar refractivity (Wildman–Crippen MR) is 284 cm³/mol. The third-order valence-corrected chi connectivity index (χ3v) is 14.8. The minimum atomic E-state index is -5.07. The summed E-state index contributed by atoms with van der Waals surface area (Å²) in [5, 5.41) is 29.9. The van der Waals surface area contributed by atoms with Gasteiger partial charge in [-0.25, -0.2) is 0 Å². The molecule has 0 spiro atoms. The number of unbranched alkanes of at least 4 members (excludes halogenated alkanes) is 2. The number of rotatable bonds is 36. The van der Waals surface area contributed by atoms with E-state index in [4.69, 9.17) is 37.7 Å². The number of nitro groups is 2. The lowest BCUT2D eigenvalue weighted by atomic mass is 9.85. The third kappa shape index (κ3) is 16.8. The second-order valence-electron chi connectivity index (χ2n) is 18.4. The molecule has 25 nitrogen and oxygen atoms in total. The van der Waals surface area contributed by atoms with Crippen LogP contribution in [0.25, 0.3) is 22.2 Å². The summed E-state index contributed by atoms with van der Waals surface area (Å²) >= 11 is 0. The Kier molecular flexibility index (Phi) is 22.3.